The zero-order chi connectivity index (χ0) is 14.0. The molecule has 0 saturated carbocycles. The van der Waals surface area contributed by atoms with Gasteiger partial charge in [-0.1, -0.05) is 0 Å². The summed E-state index contributed by atoms with van der Waals surface area (Å²) in [7, 11) is 0. The van der Waals surface area contributed by atoms with E-state index in [-0.39, 0.29) is 17.4 Å². The number of anilines is 1. The van der Waals surface area contributed by atoms with Crippen LogP contribution in [0.5, 0.6) is 0 Å². The van der Waals surface area contributed by atoms with E-state index >= 15 is 0 Å². The molecular formula is C12H11BrN2O4. The summed E-state index contributed by atoms with van der Waals surface area (Å²) in [5.41, 5.74) is 0.444. The molecule has 1 aliphatic heterocycles. The summed E-state index contributed by atoms with van der Waals surface area (Å²) in [6.45, 7) is 0. The predicted molar refractivity (Wildman–Crippen MR) is 70.9 cm³/mol. The van der Waals surface area contributed by atoms with Crippen LogP contribution in [-0.4, -0.2) is 28.9 Å². The monoisotopic (exact) mass is 326 g/mol. The quantitative estimate of drug-likeness (QED) is 0.781. The van der Waals surface area contributed by atoms with E-state index in [1.807, 2.05) is 0 Å². The van der Waals surface area contributed by atoms with Gasteiger partial charge in [0.1, 0.15) is 6.04 Å². The lowest BCUT2D eigenvalue weighted by molar-refractivity contribution is -0.122. The number of carboxylic acids is 1. The molecule has 0 bridgehead atoms. The van der Waals surface area contributed by atoms with Gasteiger partial charge in [-0.2, -0.15) is 0 Å². The zero-order valence-corrected chi connectivity index (χ0v) is 11.4. The van der Waals surface area contributed by atoms with Crippen molar-refractivity contribution in [3.63, 3.8) is 0 Å². The Morgan fingerprint density at radius 2 is 2.16 bits per heavy atom. The van der Waals surface area contributed by atoms with Crippen LogP contribution in [0.4, 0.5) is 5.69 Å². The molecule has 100 valence electrons. The SMILES string of the molecule is O=C1CC[C@@H](C(=O)Nc2ccc(Br)c(C(=O)O)c2)N1. The summed E-state index contributed by atoms with van der Waals surface area (Å²) in [6.07, 6.45) is 0.784. The first-order valence-corrected chi connectivity index (χ1v) is 6.40. The topological polar surface area (TPSA) is 95.5 Å². The lowest BCUT2D eigenvalue weighted by Crippen LogP contribution is -2.37. The highest BCUT2D eigenvalue weighted by molar-refractivity contribution is 9.10. The number of halogens is 1. The van der Waals surface area contributed by atoms with Gasteiger partial charge in [-0.15, -0.1) is 0 Å². The van der Waals surface area contributed by atoms with Crippen molar-refractivity contribution < 1.29 is 19.5 Å². The molecule has 0 spiro atoms. The molecule has 3 N–H and O–H groups in total. The number of nitrogens with one attached hydrogen (secondary N) is 2. The third-order valence-electron chi connectivity index (χ3n) is 2.78. The lowest BCUT2D eigenvalue weighted by atomic mass is 10.2. The smallest absolute Gasteiger partial charge is 0.336 e. The van der Waals surface area contributed by atoms with Gasteiger partial charge in [-0.25, -0.2) is 4.79 Å². The summed E-state index contributed by atoms with van der Waals surface area (Å²) < 4.78 is 0.437. The van der Waals surface area contributed by atoms with Gasteiger partial charge >= 0.3 is 5.97 Å². The number of carbonyl (C=O) groups is 3. The first-order chi connectivity index (χ1) is 8.97. The van der Waals surface area contributed by atoms with E-state index in [0.29, 0.717) is 23.0 Å². The molecule has 0 unspecified atom stereocenters. The normalized spacial score (nSPS) is 17.9. The molecule has 1 heterocycles. The maximum atomic E-state index is 11.8. The fraction of sp³-hybridized carbons (Fsp3) is 0.250. The Balaban J connectivity index is 2.11. The van der Waals surface area contributed by atoms with Crippen LogP contribution in [0.3, 0.4) is 0 Å². The fourth-order valence-corrected chi connectivity index (χ4v) is 2.22. The van der Waals surface area contributed by atoms with E-state index in [1.165, 1.54) is 6.07 Å². The van der Waals surface area contributed by atoms with Crippen molar-refractivity contribution in [2.24, 2.45) is 0 Å². The van der Waals surface area contributed by atoms with Gasteiger partial charge in [0.2, 0.25) is 11.8 Å². The molecule has 19 heavy (non-hydrogen) atoms. The number of carbonyl (C=O) groups excluding carboxylic acids is 2. The minimum Gasteiger partial charge on any atom is -0.478 e. The molecule has 0 aliphatic carbocycles. The van der Waals surface area contributed by atoms with Crippen molar-refractivity contribution in [3.8, 4) is 0 Å². The minimum atomic E-state index is -1.09. The predicted octanol–water partition coefficient (Wildman–Crippen LogP) is 1.36. The summed E-state index contributed by atoms with van der Waals surface area (Å²) in [5, 5.41) is 14.1. The molecule has 1 aromatic carbocycles. The first-order valence-electron chi connectivity index (χ1n) is 5.60. The molecular weight excluding hydrogens is 316 g/mol. The largest absolute Gasteiger partial charge is 0.478 e. The van der Waals surface area contributed by atoms with E-state index < -0.39 is 12.0 Å². The van der Waals surface area contributed by atoms with Crippen LogP contribution >= 0.6 is 15.9 Å². The van der Waals surface area contributed by atoms with E-state index in [0.717, 1.165) is 0 Å². The summed E-state index contributed by atoms with van der Waals surface area (Å²) >= 11 is 3.12. The standard InChI is InChI=1S/C12H11BrN2O4/c13-8-2-1-6(5-7(8)12(18)19)14-11(17)9-3-4-10(16)15-9/h1-2,5,9H,3-4H2,(H,14,17)(H,15,16)(H,18,19)/t9-/m0/s1. The number of aromatic carboxylic acids is 1. The molecule has 1 aliphatic rings. The van der Waals surface area contributed by atoms with Gasteiger partial charge in [0.15, 0.2) is 0 Å². The Morgan fingerprint density at radius 1 is 1.42 bits per heavy atom. The molecule has 1 saturated heterocycles. The van der Waals surface area contributed by atoms with Crippen LogP contribution in [0.15, 0.2) is 22.7 Å². The van der Waals surface area contributed by atoms with E-state index in [2.05, 4.69) is 26.6 Å². The molecule has 0 radical (unpaired) electrons. The van der Waals surface area contributed by atoms with Crippen LogP contribution in [0, 0.1) is 0 Å². The van der Waals surface area contributed by atoms with Gasteiger partial charge in [0.25, 0.3) is 0 Å². The number of hydrogen-bond donors (Lipinski definition) is 3. The Labute approximate surface area is 117 Å². The van der Waals surface area contributed by atoms with Crippen LogP contribution in [0.2, 0.25) is 0 Å². The highest BCUT2D eigenvalue weighted by atomic mass is 79.9. The number of amides is 2. The number of carboxylic acid groups (broad SMARTS) is 1. The molecule has 7 heteroatoms. The van der Waals surface area contributed by atoms with E-state index in [9.17, 15) is 14.4 Å². The van der Waals surface area contributed by atoms with Crippen molar-refractivity contribution >= 4 is 39.4 Å². The molecule has 6 nitrogen and oxygen atoms in total. The molecule has 0 aromatic heterocycles. The second-order valence-electron chi connectivity index (χ2n) is 4.15. The Hall–Kier alpha value is -1.89. The van der Waals surface area contributed by atoms with Crippen LogP contribution in [0.25, 0.3) is 0 Å². The third kappa shape index (κ3) is 3.11. The van der Waals surface area contributed by atoms with Gasteiger partial charge in [0, 0.05) is 16.6 Å². The van der Waals surface area contributed by atoms with Crippen LogP contribution < -0.4 is 10.6 Å². The fourth-order valence-electron chi connectivity index (χ4n) is 1.81. The maximum absolute atomic E-state index is 11.8. The van der Waals surface area contributed by atoms with Crippen molar-refractivity contribution in [1.29, 1.82) is 0 Å². The zero-order valence-electron chi connectivity index (χ0n) is 9.77. The minimum absolute atomic E-state index is 0.0632. The molecule has 1 atom stereocenters. The van der Waals surface area contributed by atoms with Crippen LogP contribution in [-0.2, 0) is 9.59 Å². The Kier molecular flexibility index (Phi) is 3.84. The lowest BCUT2D eigenvalue weighted by Gasteiger charge is -2.11. The first kappa shape index (κ1) is 13.5. The van der Waals surface area contributed by atoms with Crippen LogP contribution in [0.1, 0.15) is 23.2 Å². The maximum Gasteiger partial charge on any atom is 0.336 e. The second kappa shape index (κ2) is 5.40. The van der Waals surface area contributed by atoms with Crippen molar-refractivity contribution in [1.82, 2.24) is 5.32 Å². The Bertz CT molecular complexity index is 559. The van der Waals surface area contributed by atoms with E-state index in [4.69, 9.17) is 5.11 Å². The second-order valence-corrected chi connectivity index (χ2v) is 5.00. The van der Waals surface area contributed by atoms with Gasteiger partial charge in [-0.3, -0.25) is 9.59 Å². The van der Waals surface area contributed by atoms with Gasteiger partial charge in [-0.05, 0) is 40.5 Å². The van der Waals surface area contributed by atoms with Gasteiger partial charge in [0.05, 0.1) is 5.56 Å². The molecule has 1 fully saturated rings. The van der Waals surface area contributed by atoms with Crippen molar-refractivity contribution in [2.75, 3.05) is 5.32 Å². The average Bonchev–Trinajstić information content (AvgIpc) is 2.78. The Morgan fingerprint density at radius 3 is 2.74 bits per heavy atom. The summed E-state index contributed by atoms with van der Waals surface area (Å²) in [4.78, 5) is 33.8. The van der Waals surface area contributed by atoms with Crippen molar-refractivity contribution in [2.45, 2.75) is 18.9 Å². The highest BCUT2D eigenvalue weighted by Gasteiger charge is 2.27. The molecule has 1 aromatic rings. The number of rotatable bonds is 3. The molecule has 2 amide bonds. The summed E-state index contributed by atoms with van der Waals surface area (Å²) in [6, 6.07) is 3.95. The third-order valence-corrected chi connectivity index (χ3v) is 3.47. The van der Waals surface area contributed by atoms with Gasteiger partial charge < -0.3 is 15.7 Å². The number of hydrogen-bond acceptors (Lipinski definition) is 3. The average molecular weight is 327 g/mol. The number of benzene rings is 1. The highest BCUT2D eigenvalue weighted by Crippen LogP contribution is 2.21. The van der Waals surface area contributed by atoms with E-state index in [1.54, 1.807) is 12.1 Å². The molecule has 2 rings (SSSR count). The summed E-state index contributed by atoms with van der Waals surface area (Å²) in [5.74, 6) is -1.58. The van der Waals surface area contributed by atoms with Crippen molar-refractivity contribution in [3.05, 3.63) is 28.2 Å².